The SMILES string of the molecule is CC1CCC(C)N1C(=O)c1cccc(C(=O)O)n1. The molecular weight excluding hydrogens is 232 g/mol. The first kappa shape index (κ1) is 12.5. The van der Waals surface area contributed by atoms with Gasteiger partial charge in [0.25, 0.3) is 5.91 Å². The molecule has 96 valence electrons. The van der Waals surface area contributed by atoms with Crippen LogP contribution in [0.3, 0.4) is 0 Å². The summed E-state index contributed by atoms with van der Waals surface area (Å²) < 4.78 is 0. The zero-order valence-electron chi connectivity index (χ0n) is 10.5. The zero-order valence-corrected chi connectivity index (χ0v) is 10.5. The molecule has 18 heavy (non-hydrogen) atoms. The molecule has 2 heterocycles. The number of pyridine rings is 1. The molecule has 2 atom stereocenters. The minimum atomic E-state index is -1.12. The number of carbonyl (C=O) groups excluding carboxylic acids is 1. The Labute approximate surface area is 105 Å². The monoisotopic (exact) mass is 248 g/mol. The molecule has 1 amide bonds. The fraction of sp³-hybridized carbons (Fsp3) is 0.462. The number of aromatic carboxylic acids is 1. The maximum absolute atomic E-state index is 12.3. The molecule has 5 heteroatoms. The molecule has 1 fully saturated rings. The van der Waals surface area contributed by atoms with Crippen LogP contribution in [0.4, 0.5) is 0 Å². The van der Waals surface area contributed by atoms with Crippen LogP contribution in [0.2, 0.25) is 0 Å². The fourth-order valence-electron chi connectivity index (χ4n) is 2.40. The third-order valence-corrected chi connectivity index (χ3v) is 3.37. The number of carboxylic acids is 1. The van der Waals surface area contributed by atoms with Crippen molar-refractivity contribution in [3.63, 3.8) is 0 Å². The first-order valence-electron chi connectivity index (χ1n) is 6.03. The first-order chi connectivity index (χ1) is 8.50. The van der Waals surface area contributed by atoms with Crippen molar-refractivity contribution in [3.8, 4) is 0 Å². The number of hydrogen-bond acceptors (Lipinski definition) is 3. The highest BCUT2D eigenvalue weighted by molar-refractivity contribution is 5.94. The minimum Gasteiger partial charge on any atom is -0.477 e. The minimum absolute atomic E-state index is 0.0969. The van der Waals surface area contributed by atoms with Crippen LogP contribution in [-0.2, 0) is 0 Å². The Bertz CT molecular complexity index is 477. The van der Waals surface area contributed by atoms with Gasteiger partial charge in [-0.3, -0.25) is 4.79 Å². The number of hydrogen-bond donors (Lipinski definition) is 1. The van der Waals surface area contributed by atoms with E-state index >= 15 is 0 Å². The molecule has 0 bridgehead atoms. The van der Waals surface area contributed by atoms with Crippen molar-refractivity contribution in [2.45, 2.75) is 38.8 Å². The lowest BCUT2D eigenvalue weighted by atomic mass is 10.2. The van der Waals surface area contributed by atoms with Gasteiger partial charge >= 0.3 is 5.97 Å². The van der Waals surface area contributed by atoms with Crippen molar-refractivity contribution in [1.82, 2.24) is 9.88 Å². The Balaban J connectivity index is 2.28. The molecule has 2 unspecified atom stereocenters. The summed E-state index contributed by atoms with van der Waals surface area (Å²) in [5, 5.41) is 8.87. The number of aromatic nitrogens is 1. The van der Waals surface area contributed by atoms with Gasteiger partial charge in [0, 0.05) is 12.1 Å². The van der Waals surface area contributed by atoms with Crippen molar-refractivity contribution < 1.29 is 14.7 Å². The van der Waals surface area contributed by atoms with E-state index in [0.717, 1.165) is 12.8 Å². The van der Waals surface area contributed by atoms with E-state index in [1.54, 1.807) is 17.0 Å². The molecule has 1 saturated heterocycles. The molecular formula is C13H16N2O3. The normalized spacial score (nSPS) is 23.1. The smallest absolute Gasteiger partial charge is 0.354 e. The Morgan fingerprint density at radius 3 is 2.33 bits per heavy atom. The van der Waals surface area contributed by atoms with E-state index in [1.807, 2.05) is 13.8 Å². The van der Waals surface area contributed by atoms with Crippen LogP contribution in [0.25, 0.3) is 0 Å². The maximum atomic E-state index is 12.3. The van der Waals surface area contributed by atoms with E-state index in [1.165, 1.54) is 6.07 Å². The molecule has 1 aliphatic rings. The van der Waals surface area contributed by atoms with Gasteiger partial charge in [-0.05, 0) is 38.8 Å². The van der Waals surface area contributed by atoms with E-state index in [4.69, 9.17) is 5.11 Å². The molecule has 2 rings (SSSR count). The van der Waals surface area contributed by atoms with Crippen LogP contribution in [-0.4, -0.2) is 39.0 Å². The van der Waals surface area contributed by atoms with Crippen LogP contribution in [0.1, 0.15) is 47.7 Å². The van der Waals surface area contributed by atoms with Gasteiger partial charge in [0.15, 0.2) is 0 Å². The van der Waals surface area contributed by atoms with E-state index < -0.39 is 5.97 Å². The predicted octanol–water partition coefficient (Wildman–Crippen LogP) is 1.79. The maximum Gasteiger partial charge on any atom is 0.354 e. The van der Waals surface area contributed by atoms with Crippen molar-refractivity contribution in [2.75, 3.05) is 0 Å². The number of carboxylic acid groups (broad SMARTS) is 1. The molecule has 5 nitrogen and oxygen atoms in total. The van der Waals surface area contributed by atoms with Crippen LogP contribution in [0.5, 0.6) is 0 Å². The molecule has 1 aromatic rings. The van der Waals surface area contributed by atoms with Crippen molar-refractivity contribution in [1.29, 1.82) is 0 Å². The van der Waals surface area contributed by atoms with E-state index in [0.29, 0.717) is 0 Å². The second-order valence-corrected chi connectivity index (χ2v) is 4.70. The van der Waals surface area contributed by atoms with Gasteiger partial charge < -0.3 is 10.0 Å². The Morgan fingerprint density at radius 1 is 1.22 bits per heavy atom. The summed E-state index contributed by atoms with van der Waals surface area (Å²) in [7, 11) is 0. The Hall–Kier alpha value is -1.91. The fourth-order valence-corrected chi connectivity index (χ4v) is 2.40. The van der Waals surface area contributed by atoms with E-state index in [-0.39, 0.29) is 29.4 Å². The number of amides is 1. The number of nitrogens with zero attached hydrogens (tertiary/aromatic N) is 2. The van der Waals surface area contributed by atoms with Crippen LogP contribution < -0.4 is 0 Å². The summed E-state index contributed by atoms with van der Waals surface area (Å²) in [6.45, 7) is 4.00. The van der Waals surface area contributed by atoms with E-state index in [2.05, 4.69) is 4.98 Å². The van der Waals surface area contributed by atoms with Gasteiger partial charge in [0.2, 0.25) is 0 Å². The molecule has 1 aliphatic heterocycles. The second kappa shape index (κ2) is 4.76. The summed E-state index contributed by atoms with van der Waals surface area (Å²) in [6, 6.07) is 4.86. The summed E-state index contributed by atoms with van der Waals surface area (Å²) in [5.41, 5.74) is 0.107. The largest absolute Gasteiger partial charge is 0.477 e. The van der Waals surface area contributed by atoms with Crippen LogP contribution >= 0.6 is 0 Å². The molecule has 0 radical (unpaired) electrons. The molecule has 0 aromatic carbocycles. The van der Waals surface area contributed by atoms with E-state index in [9.17, 15) is 9.59 Å². The van der Waals surface area contributed by atoms with Gasteiger partial charge in [0.05, 0.1) is 0 Å². The Morgan fingerprint density at radius 2 is 1.78 bits per heavy atom. The van der Waals surface area contributed by atoms with Gasteiger partial charge in [-0.2, -0.15) is 0 Å². The quantitative estimate of drug-likeness (QED) is 0.866. The van der Waals surface area contributed by atoms with Gasteiger partial charge in [-0.1, -0.05) is 6.07 Å². The van der Waals surface area contributed by atoms with Gasteiger partial charge in [-0.15, -0.1) is 0 Å². The third kappa shape index (κ3) is 2.20. The van der Waals surface area contributed by atoms with Crippen LogP contribution in [0.15, 0.2) is 18.2 Å². The average Bonchev–Trinajstić information content (AvgIpc) is 2.68. The molecule has 0 saturated carbocycles. The molecule has 0 aliphatic carbocycles. The highest BCUT2D eigenvalue weighted by Gasteiger charge is 2.32. The lowest BCUT2D eigenvalue weighted by molar-refractivity contribution is 0.0682. The predicted molar refractivity (Wildman–Crippen MR) is 65.5 cm³/mol. The van der Waals surface area contributed by atoms with Crippen molar-refractivity contribution in [2.24, 2.45) is 0 Å². The van der Waals surface area contributed by atoms with Gasteiger partial charge in [0.1, 0.15) is 11.4 Å². The number of likely N-dealkylation sites (tertiary alicyclic amines) is 1. The van der Waals surface area contributed by atoms with Crippen molar-refractivity contribution >= 4 is 11.9 Å². The average molecular weight is 248 g/mol. The standard InChI is InChI=1S/C13H16N2O3/c1-8-6-7-9(2)15(8)12(16)10-4-3-5-11(14-10)13(17)18/h3-5,8-9H,6-7H2,1-2H3,(H,17,18). The molecule has 1 aromatic heterocycles. The summed E-state index contributed by atoms with van der Waals surface area (Å²) in [5.74, 6) is -1.30. The third-order valence-electron chi connectivity index (χ3n) is 3.37. The number of rotatable bonds is 2. The van der Waals surface area contributed by atoms with Gasteiger partial charge in [-0.25, -0.2) is 9.78 Å². The lowest BCUT2D eigenvalue weighted by Crippen LogP contribution is -2.39. The Kier molecular flexibility index (Phi) is 3.32. The highest BCUT2D eigenvalue weighted by atomic mass is 16.4. The lowest BCUT2D eigenvalue weighted by Gasteiger charge is -2.25. The molecule has 1 N–H and O–H groups in total. The van der Waals surface area contributed by atoms with Crippen molar-refractivity contribution in [3.05, 3.63) is 29.6 Å². The summed E-state index contributed by atoms with van der Waals surface area (Å²) >= 11 is 0. The second-order valence-electron chi connectivity index (χ2n) is 4.70. The molecule has 0 spiro atoms. The number of carbonyl (C=O) groups is 2. The summed E-state index contributed by atoms with van der Waals surface area (Å²) in [6.07, 6.45) is 1.96. The highest BCUT2D eigenvalue weighted by Crippen LogP contribution is 2.25. The first-order valence-corrected chi connectivity index (χ1v) is 6.03. The van der Waals surface area contributed by atoms with Crippen LogP contribution in [0, 0.1) is 0 Å². The topological polar surface area (TPSA) is 70.5 Å². The zero-order chi connectivity index (χ0) is 13.3. The summed E-state index contributed by atoms with van der Waals surface area (Å²) in [4.78, 5) is 28.8.